The van der Waals surface area contributed by atoms with Gasteiger partial charge in [-0.05, 0) is 51.3 Å². The second-order valence-electron chi connectivity index (χ2n) is 5.49. The predicted molar refractivity (Wildman–Crippen MR) is 69.9 cm³/mol. The first-order chi connectivity index (χ1) is 7.43. The molecule has 0 bridgehead atoms. The van der Waals surface area contributed by atoms with E-state index in [0.717, 1.165) is 13.0 Å². The minimum atomic E-state index is 0.0680. The van der Waals surface area contributed by atoms with Gasteiger partial charge in [-0.2, -0.15) is 0 Å². The quantitative estimate of drug-likeness (QED) is 0.785. The van der Waals surface area contributed by atoms with Crippen molar-refractivity contribution in [2.45, 2.75) is 45.7 Å². The smallest absolute Gasteiger partial charge is 0.0497 e. The third-order valence-corrected chi connectivity index (χ3v) is 3.92. The van der Waals surface area contributed by atoms with Gasteiger partial charge in [-0.25, -0.2) is 0 Å². The fourth-order valence-electron chi connectivity index (χ4n) is 2.55. The first-order valence-electron chi connectivity index (χ1n) is 6.03. The molecule has 1 heterocycles. The van der Waals surface area contributed by atoms with Crippen molar-refractivity contribution in [3.63, 3.8) is 0 Å². The van der Waals surface area contributed by atoms with Gasteiger partial charge in [0.15, 0.2) is 0 Å². The van der Waals surface area contributed by atoms with Crippen LogP contribution in [0.2, 0.25) is 0 Å². The third-order valence-electron chi connectivity index (χ3n) is 3.92. The maximum atomic E-state index is 6.19. The maximum absolute atomic E-state index is 6.19. The lowest BCUT2D eigenvalue weighted by molar-refractivity contribution is 0.453. The Morgan fingerprint density at radius 3 is 2.56 bits per heavy atom. The fourth-order valence-corrected chi connectivity index (χ4v) is 2.55. The number of aryl methyl sites for hydroxylation is 2. The average molecular weight is 218 g/mol. The molecule has 1 unspecified atom stereocenters. The predicted octanol–water partition coefficient (Wildman–Crippen LogP) is 2.62. The second kappa shape index (κ2) is 3.77. The van der Waals surface area contributed by atoms with E-state index in [0.29, 0.717) is 0 Å². The van der Waals surface area contributed by atoms with Crippen LogP contribution in [0.5, 0.6) is 0 Å². The van der Waals surface area contributed by atoms with Crippen LogP contribution in [0.4, 0.5) is 5.69 Å². The van der Waals surface area contributed by atoms with E-state index in [9.17, 15) is 0 Å². The monoisotopic (exact) mass is 218 g/mol. The van der Waals surface area contributed by atoms with Gasteiger partial charge in [0, 0.05) is 23.8 Å². The van der Waals surface area contributed by atoms with Crippen molar-refractivity contribution in [3.8, 4) is 0 Å². The molecule has 0 radical (unpaired) electrons. The molecule has 1 aromatic rings. The van der Waals surface area contributed by atoms with Crippen LogP contribution >= 0.6 is 0 Å². The van der Waals surface area contributed by atoms with Gasteiger partial charge >= 0.3 is 0 Å². The van der Waals surface area contributed by atoms with Crippen molar-refractivity contribution in [1.29, 1.82) is 0 Å². The van der Waals surface area contributed by atoms with E-state index >= 15 is 0 Å². The van der Waals surface area contributed by atoms with Crippen LogP contribution in [0, 0.1) is 13.8 Å². The molecule has 1 aliphatic rings. The van der Waals surface area contributed by atoms with Crippen molar-refractivity contribution in [2.24, 2.45) is 5.73 Å². The van der Waals surface area contributed by atoms with E-state index in [1.165, 1.54) is 16.8 Å². The highest BCUT2D eigenvalue weighted by molar-refractivity contribution is 5.58. The molecule has 0 saturated carbocycles. The van der Waals surface area contributed by atoms with E-state index in [2.05, 4.69) is 50.8 Å². The minimum absolute atomic E-state index is 0.0680. The number of hydrogen-bond donors (Lipinski definition) is 1. The Morgan fingerprint density at radius 2 is 2.00 bits per heavy atom. The zero-order valence-electron chi connectivity index (χ0n) is 10.7. The summed E-state index contributed by atoms with van der Waals surface area (Å²) in [5.41, 5.74) is 10.3. The SMILES string of the molecule is Cc1ccc(C)c(N2CCC(N)C2(C)C)c1. The van der Waals surface area contributed by atoms with Crippen LogP contribution in [0.1, 0.15) is 31.4 Å². The Hall–Kier alpha value is -1.02. The zero-order valence-corrected chi connectivity index (χ0v) is 10.7. The van der Waals surface area contributed by atoms with Crippen LogP contribution in [0.15, 0.2) is 18.2 Å². The van der Waals surface area contributed by atoms with E-state index < -0.39 is 0 Å². The summed E-state index contributed by atoms with van der Waals surface area (Å²) in [6.07, 6.45) is 1.08. The Bertz CT molecular complexity index is 396. The molecule has 2 nitrogen and oxygen atoms in total. The van der Waals surface area contributed by atoms with Gasteiger partial charge in [-0.15, -0.1) is 0 Å². The van der Waals surface area contributed by atoms with Crippen LogP contribution in [0.3, 0.4) is 0 Å². The van der Waals surface area contributed by atoms with Crippen LogP contribution in [-0.4, -0.2) is 18.1 Å². The molecule has 1 aliphatic heterocycles. The fraction of sp³-hybridized carbons (Fsp3) is 0.571. The molecule has 1 atom stereocenters. The van der Waals surface area contributed by atoms with Gasteiger partial charge in [0.2, 0.25) is 0 Å². The van der Waals surface area contributed by atoms with Crippen LogP contribution in [0.25, 0.3) is 0 Å². The number of hydrogen-bond acceptors (Lipinski definition) is 2. The lowest BCUT2D eigenvalue weighted by Crippen LogP contribution is -2.49. The number of anilines is 1. The minimum Gasteiger partial charge on any atom is -0.365 e. The molecular formula is C14H22N2. The van der Waals surface area contributed by atoms with Crippen molar-refractivity contribution in [2.75, 3.05) is 11.4 Å². The topological polar surface area (TPSA) is 29.3 Å². The number of benzene rings is 1. The van der Waals surface area contributed by atoms with Crippen LogP contribution < -0.4 is 10.6 Å². The summed E-state index contributed by atoms with van der Waals surface area (Å²) in [5.74, 6) is 0. The third kappa shape index (κ3) is 1.71. The van der Waals surface area contributed by atoms with E-state index in [-0.39, 0.29) is 11.6 Å². The zero-order chi connectivity index (χ0) is 11.9. The van der Waals surface area contributed by atoms with Crippen molar-refractivity contribution < 1.29 is 0 Å². The average Bonchev–Trinajstić information content (AvgIpc) is 2.47. The Labute approximate surface area is 98.4 Å². The lowest BCUT2D eigenvalue weighted by atomic mass is 9.95. The summed E-state index contributed by atoms with van der Waals surface area (Å²) in [4.78, 5) is 2.46. The molecule has 1 saturated heterocycles. The molecule has 0 aliphatic carbocycles. The Kier molecular flexibility index (Phi) is 2.70. The summed E-state index contributed by atoms with van der Waals surface area (Å²) < 4.78 is 0. The largest absolute Gasteiger partial charge is 0.365 e. The maximum Gasteiger partial charge on any atom is 0.0497 e. The molecule has 0 amide bonds. The van der Waals surface area contributed by atoms with Gasteiger partial charge in [-0.1, -0.05) is 12.1 Å². The normalized spacial score (nSPS) is 23.8. The van der Waals surface area contributed by atoms with E-state index in [1.807, 2.05) is 0 Å². The molecule has 88 valence electrons. The number of nitrogens with zero attached hydrogens (tertiary/aromatic N) is 1. The van der Waals surface area contributed by atoms with E-state index in [4.69, 9.17) is 5.73 Å². The molecule has 2 rings (SSSR count). The molecule has 1 aromatic carbocycles. The van der Waals surface area contributed by atoms with Crippen LogP contribution in [-0.2, 0) is 0 Å². The van der Waals surface area contributed by atoms with Gasteiger partial charge in [-0.3, -0.25) is 0 Å². The van der Waals surface area contributed by atoms with Crippen molar-refractivity contribution >= 4 is 5.69 Å². The summed E-state index contributed by atoms with van der Waals surface area (Å²) >= 11 is 0. The standard InChI is InChI=1S/C14H22N2/c1-10-5-6-11(2)12(9-10)16-8-7-13(15)14(16,3)4/h5-6,9,13H,7-8,15H2,1-4H3. The summed E-state index contributed by atoms with van der Waals surface area (Å²) in [7, 11) is 0. The highest BCUT2D eigenvalue weighted by Crippen LogP contribution is 2.35. The van der Waals surface area contributed by atoms with Gasteiger partial charge < -0.3 is 10.6 Å². The first-order valence-corrected chi connectivity index (χ1v) is 6.03. The molecule has 16 heavy (non-hydrogen) atoms. The summed E-state index contributed by atoms with van der Waals surface area (Å²) in [6.45, 7) is 9.87. The molecular weight excluding hydrogens is 196 g/mol. The van der Waals surface area contributed by atoms with Crippen molar-refractivity contribution in [1.82, 2.24) is 0 Å². The lowest BCUT2D eigenvalue weighted by Gasteiger charge is -2.37. The highest BCUT2D eigenvalue weighted by atomic mass is 15.2. The Morgan fingerprint density at radius 1 is 1.31 bits per heavy atom. The highest BCUT2D eigenvalue weighted by Gasteiger charge is 2.39. The molecule has 0 spiro atoms. The van der Waals surface area contributed by atoms with Crippen molar-refractivity contribution in [3.05, 3.63) is 29.3 Å². The number of nitrogens with two attached hydrogens (primary N) is 1. The van der Waals surface area contributed by atoms with Gasteiger partial charge in [0.05, 0.1) is 0 Å². The summed E-state index contributed by atoms with van der Waals surface area (Å²) in [6, 6.07) is 6.91. The first kappa shape index (κ1) is 11.5. The summed E-state index contributed by atoms with van der Waals surface area (Å²) in [5, 5.41) is 0. The Balaban J connectivity index is 2.41. The van der Waals surface area contributed by atoms with Gasteiger partial charge in [0.1, 0.15) is 0 Å². The van der Waals surface area contributed by atoms with Gasteiger partial charge in [0.25, 0.3) is 0 Å². The van der Waals surface area contributed by atoms with E-state index in [1.54, 1.807) is 0 Å². The second-order valence-corrected chi connectivity index (χ2v) is 5.49. The molecule has 1 fully saturated rings. The number of rotatable bonds is 1. The molecule has 0 aromatic heterocycles. The molecule has 2 heteroatoms. The molecule has 2 N–H and O–H groups in total.